The quantitative estimate of drug-likeness (QED) is 0.602. The molecule has 0 spiro atoms. The van der Waals surface area contributed by atoms with Crippen molar-refractivity contribution in [3.05, 3.63) is 59.7 Å². The average molecular weight is 386 g/mol. The molecule has 2 heterocycles. The van der Waals surface area contributed by atoms with E-state index in [-0.39, 0.29) is 11.4 Å². The lowest BCUT2D eigenvalue weighted by atomic mass is 10.1. The lowest BCUT2D eigenvalue weighted by Gasteiger charge is -2.10. The molecule has 1 aromatic carbocycles. The van der Waals surface area contributed by atoms with E-state index in [2.05, 4.69) is 25.1 Å². The van der Waals surface area contributed by atoms with Crippen LogP contribution in [0.25, 0.3) is 5.82 Å². The van der Waals surface area contributed by atoms with Gasteiger partial charge in [-0.3, -0.25) is 0 Å². The summed E-state index contributed by atoms with van der Waals surface area (Å²) in [5.74, 6) is 1.23. The third-order valence-electron chi connectivity index (χ3n) is 4.12. The van der Waals surface area contributed by atoms with Crippen LogP contribution in [0.3, 0.4) is 0 Å². The van der Waals surface area contributed by atoms with Crippen molar-refractivity contribution in [2.75, 3.05) is 18.4 Å². The highest BCUT2D eigenvalue weighted by Crippen LogP contribution is 2.14. The predicted molar refractivity (Wildman–Crippen MR) is 103 cm³/mol. The molecule has 0 atom stereocenters. The molecule has 0 fully saturated rings. The van der Waals surface area contributed by atoms with E-state index in [4.69, 9.17) is 0 Å². The molecule has 2 aromatic heterocycles. The minimum Gasteiger partial charge on any atom is -0.369 e. The normalized spacial score (nSPS) is 11.5. The molecular formula is C18H22N6O2S. The number of nitrogens with zero attached hydrogens (tertiary/aromatic N) is 4. The summed E-state index contributed by atoms with van der Waals surface area (Å²) in [6.45, 7) is 6.36. The van der Waals surface area contributed by atoms with Gasteiger partial charge in [0, 0.05) is 25.4 Å². The highest BCUT2D eigenvalue weighted by Gasteiger charge is 2.13. The molecule has 142 valence electrons. The van der Waals surface area contributed by atoms with Crippen molar-refractivity contribution in [3.8, 4) is 5.82 Å². The number of benzene rings is 1. The highest BCUT2D eigenvalue weighted by molar-refractivity contribution is 7.89. The molecule has 3 rings (SSSR count). The van der Waals surface area contributed by atoms with Crippen LogP contribution in [0.1, 0.15) is 16.8 Å². The molecule has 9 heteroatoms. The average Bonchev–Trinajstić information content (AvgIpc) is 3.08. The topological polar surface area (TPSA) is 102 Å². The van der Waals surface area contributed by atoms with Crippen LogP contribution in [0, 0.1) is 20.8 Å². The van der Waals surface area contributed by atoms with E-state index >= 15 is 0 Å². The van der Waals surface area contributed by atoms with E-state index in [9.17, 15) is 8.42 Å². The molecule has 0 saturated carbocycles. The summed E-state index contributed by atoms with van der Waals surface area (Å²) in [4.78, 5) is 8.60. The second-order valence-corrected chi connectivity index (χ2v) is 8.00. The first-order valence-electron chi connectivity index (χ1n) is 8.51. The monoisotopic (exact) mass is 386 g/mol. The summed E-state index contributed by atoms with van der Waals surface area (Å²) in [7, 11) is -3.54. The number of rotatable bonds is 7. The van der Waals surface area contributed by atoms with Crippen LogP contribution in [0.4, 0.5) is 5.82 Å². The summed E-state index contributed by atoms with van der Waals surface area (Å²) in [6, 6.07) is 8.73. The van der Waals surface area contributed by atoms with Gasteiger partial charge in [-0.2, -0.15) is 5.10 Å². The van der Waals surface area contributed by atoms with E-state index < -0.39 is 10.0 Å². The molecule has 8 nitrogen and oxygen atoms in total. The van der Waals surface area contributed by atoms with Gasteiger partial charge in [0.25, 0.3) is 0 Å². The number of aromatic nitrogens is 4. The van der Waals surface area contributed by atoms with Crippen molar-refractivity contribution in [1.29, 1.82) is 0 Å². The van der Waals surface area contributed by atoms with Gasteiger partial charge in [0.05, 0.1) is 10.6 Å². The molecule has 0 amide bonds. The minimum atomic E-state index is -3.54. The second kappa shape index (κ2) is 7.85. The lowest BCUT2D eigenvalue weighted by Crippen LogP contribution is -2.29. The SMILES string of the molecule is Cc1ccn(-c2cc(NCCNS(=O)(=O)c3ccc(C)c(C)c3)ncn2)n1. The standard InChI is InChI=1S/C18H22N6O2S/c1-13-4-5-16(10-14(13)2)27(25,26)22-8-7-19-17-11-18(21-12-20-17)24-9-6-15(3)23-24/h4-6,9-12,22H,7-8H2,1-3H3,(H,19,20,21). The number of sulfonamides is 1. The van der Waals surface area contributed by atoms with Crippen molar-refractivity contribution in [1.82, 2.24) is 24.5 Å². The third-order valence-corrected chi connectivity index (χ3v) is 5.58. The Labute approximate surface area is 158 Å². The second-order valence-electron chi connectivity index (χ2n) is 6.23. The largest absolute Gasteiger partial charge is 0.369 e. The Bertz CT molecular complexity index is 1050. The van der Waals surface area contributed by atoms with Gasteiger partial charge in [-0.15, -0.1) is 0 Å². The van der Waals surface area contributed by atoms with Crippen LogP contribution in [0.2, 0.25) is 0 Å². The molecule has 0 unspecified atom stereocenters. The summed E-state index contributed by atoms with van der Waals surface area (Å²) in [5.41, 5.74) is 2.89. The maximum Gasteiger partial charge on any atom is 0.240 e. The Balaban J connectivity index is 1.58. The van der Waals surface area contributed by atoms with Crippen LogP contribution in [-0.4, -0.2) is 41.3 Å². The van der Waals surface area contributed by atoms with E-state index in [1.54, 1.807) is 22.9 Å². The molecule has 0 aliphatic rings. The number of hydrogen-bond donors (Lipinski definition) is 2. The van der Waals surface area contributed by atoms with Crippen LogP contribution >= 0.6 is 0 Å². The molecule has 2 N–H and O–H groups in total. The van der Waals surface area contributed by atoms with E-state index in [0.29, 0.717) is 18.2 Å². The van der Waals surface area contributed by atoms with Crippen LogP contribution < -0.4 is 10.0 Å². The fourth-order valence-corrected chi connectivity index (χ4v) is 3.57. The van der Waals surface area contributed by atoms with Gasteiger partial charge < -0.3 is 5.32 Å². The van der Waals surface area contributed by atoms with Crippen LogP contribution in [0.5, 0.6) is 0 Å². The van der Waals surface area contributed by atoms with Gasteiger partial charge in [0.15, 0.2) is 5.82 Å². The van der Waals surface area contributed by atoms with Gasteiger partial charge in [-0.05, 0) is 50.1 Å². The first-order chi connectivity index (χ1) is 12.8. The van der Waals surface area contributed by atoms with Crippen molar-refractivity contribution >= 4 is 15.8 Å². The van der Waals surface area contributed by atoms with Crippen molar-refractivity contribution in [3.63, 3.8) is 0 Å². The smallest absolute Gasteiger partial charge is 0.240 e. The van der Waals surface area contributed by atoms with Gasteiger partial charge >= 0.3 is 0 Å². The molecule has 0 aliphatic carbocycles. The molecule has 27 heavy (non-hydrogen) atoms. The Hall–Kier alpha value is -2.78. The zero-order valence-electron chi connectivity index (χ0n) is 15.5. The Kier molecular flexibility index (Phi) is 5.52. The molecular weight excluding hydrogens is 364 g/mol. The van der Waals surface area contributed by atoms with Crippen molar-refractivity contribution in [2.24, 2.45) is 0 Å². The maximum atomic E-state index is 12.4. The zero-order chi connectivity index (χ0) is 19.4. The van der Waals surface area contributed by atoms with Crippen LogP contribution in [0.15, 0.2) is 47.8 Å². The Morgan fingerprint density at radius 3 is 2.52 bits per heavy atom. The fraction of sp³-hybridized carbons (Fsp3) is 0.278. The van der Waals surface area contributed by atoms with Gasteiger partial charge in [-0.25, -0.2) is 27.8 Å². The van der Waals surface area contributed by atoms with Gasteiger partial charge in [0.2, 0.25) is 10.0 Å². The number of anilines is 1. The first-order valence-corrected chi connectivity index (χ1v) is 9.99. The molecule has 0 bridgehead atoms. The molecule has 0 saturated heterocycles. The number of hydrogen-bond acceptors (Lipinski definition) is 6. The highest BCUT2D eigenvalue weighted by atomic mass is 32.2. The fourth-order valence-electron chi connectivity index (χ4n) is 2.45. The molecule has 0 aliphatic heterocycles. The Morgan fingerprint density at radius 2 is 1.81 bits per heavy atom. The maximum absolute atomic E-state index is 12.4. The summed E-state index contributed by atoms with van der Waals surface area (Å²) in [5, 5.41) is 7.39. The predicted octanol–water partition coefficient (Wildman–Crippen LogP) is 1.98. The van der Waals surface area contributed by atoms with E-state index in [1.165, 1.54) is 6.33 Å². The minimum absolute atomic E-state index is 0.232. The zero-order valence-corrected chi connectivity index (χ0v) is 16.3. The summed E-state index contributed by atoms with van der Waals surface area (Å²) in [6.07, 6.45) is 3.26. The van der Waals surface area contributed by atoms with Crippen molar-refractivity contribution < 1.29 is 8.42 Å². The van der Waals surface area contributed by atoms with Gasteiger partial charge in [0.1, 0.15) is 12.1 Å². The first kappa shape index (κ1) is 19.0. The summed E-state index contributed by atoms with van der Waals surface area (Å²) < 4.78 is 29.0. The lowest BCUT2D eigenvalue weighted by molar-refractivity contribution is 0.582. The summed E-state index contributed by atoms with van der Waals surface area (Å²) >= 11 is 0. The molecule has 3 aromatic rings. The third kappa shape index (κ3) is 4.69. The van der Waals surface area contributed by atoms with E-state index in [1.807, 2.05) is 39.1 Å². The Morgan fingerprint density at radius 1 is 1.00 bits per heavy atom. The van der Waals surface area contributed by atoms with E-state index in [0.717, 1.165) is 16.8 Å². The molecule has 0 radical (unpaired) electrons. The number of aryl methyl sites for hydroxylation is 3. The van der Waals surface area contributed by atoms with Crippen molar-refractivity contribution in [2.45, 2.75) is 25.7 Å². The van der Waals surface area contributed by atoms with Crippen LogP contribution in [-0.2, 0) is 10.0 Å². The number of nitrogens with one attached hydrogen (secondary N) is 2. The van der Waals surface area contributed by atoms with Gasteiger partial charge in [-0.1, -0.05) is 6.07 Å².